The maximum Gasteiger partial charge on any atom is 0.244 e. The summed E-state index contributed by atoms with van der Waals surface area (Å²) in [5.41, 5.74) is 1.69. The summed E-state index contributed by atoms with van der Waals surface area (Å²) >= 11 is 6.21. The van der Waals surface area contributed by atoms with Crippen LogP contribution in [0.2, 0.25) is 5.02 Å². The average Bonchev–Trinajstić information content (AvgIpc) is 2.97. The van der Waals surface area contributed by atoms with Crippen molar-refractivity contribution in [2.45, 2.75) is 38.8 Å². The Morgan fingerprint density at radius 1 is 0.952 bits per heavy atom. The predicted octanol–water partition coefficient (Wildman–Crippen LogP) is 4.68. The van der Waals surface area contributed by atoms with Crippen LogP contribution in [0.15, 0.2) is 72.8 Å². The standard InChI is InChI=1S/C31H38ClN3O6S/c1-5-6-17-33-31(37)28(19-23-11-8-7-9-12-23)34(21-24-13-10-14-26(18-24)40-2)30(36)22-35(42(4,38)39)27-20-25(32)15-16-29(27)41-3/h7-16,18,20,28H,5-6,17,19,21-22H2,1-4H3,(H,33,37)/t28-/m0/s1. The third kappa shape index (κ3) is 9.12. The lowest BCUT2D eigenvalue weighted by atomic mass is 10.0. The minimum atomic E-state index is -3.98. The number of carbonyl (C=O) groups excluding carboxylic acids is 2. The maximum atomic E-state index is 14.2. The number of rotatable bonds is 15. The van der Waals surface area contributed by atoms with E-state index in [0.29, 0.717) is 17.9 Å². The van der Waals surface area contributed by atoms with Crippen LogP contribution in [-0.4, -0.2) is 64.7 Å². The first-order chi connectivity index (χ1) is 20.1. The van der Waals surface area contributed by atoms with Gasteiger partial charge in [0.05, 0.1) is 26.2 Å². The SMILES string of the molecule is CCCCNC(=O)[C@H](Cc1ccccc1)N(Cc1cccc(OC)c1)C(=O)CN(c1cc(Cl)ccc1OC)S(C)(=O)=O. The predicted molar refractivity (Wildman–Crippen MR) is 166 cm³/mol. The second-order valence-corrected chi connectivity index (χ2v) is 12.2. The van der Waals surface area contributed by atoms with Crippen LogP contribution in [0.4, 0.5) is 5.69 Å². The summed E-state index contributed by atoms with van der Waals surface area (Å²) in [6.45, 7) is 1.94. The summed E-state index contributed by atoms with van der Waals surface area (Å²) in [5, 5.41) is 3.24. The molecule has 226 valence electrons. The third-order valence-corrected chi connectivity index (χ3v) is 8.04. The van der Waals surface area contributed by atoms with Gasteiger partial charge in [0.2, 0.25) is 21.8 Å². The van der Waals surface area contributed by atoms with Gasteiger partial charge in [-0.15, -0.1) is 0 Å². The smallest absolute Gasteiger partial charge is 0.244 e. The number of hydrogen-bond donors (Lipinski definition) is 1. The number of unbranched alkanes of at least 4 members (excludes halogenated alkanes) is 1. The van der Waals surface area contributed by atoms with E-state index in [4.69, 9.17) is 21.1 Å². The first kappa shape index (κ1) is 32.8. The Morgan fingerprint density at radius 3 is 2.31 bits per heavy atom. The van der Waals surface area contributed by atoms with Crippen LogP contribution in [0.5, 0.6) is 11.5 Å². The van der Waals surface area contributed by atoms with Crippen LogP contribution in [0.3, 0.4) is 0 Å². The van der Waals surface area contributed by atoms with E-state index < -0.39 is 28.5 Å². The van der Waals surface area contributed by atoms with Gasteiger partial charge in [0.1, 0.15) is 24.1 Å². The van der Waals surface area contributed by atoms with Crippen molar-refractivity contribution in [3.05, 3.63) is 88.9 Å². The minimum Gasteiger partial charge on any atom is -0.497 e. The second-order valence-electron chi connectivity index (χ2n) is 9.81. The topological polar surface area (TPSA) is 105 Å². The van der Waals surface area contributed by atoms with Crippen LogP contribution in [0.1, 0.15) is 30.9 Å². The Hall–Kier alpha value is -3.76. The zero-order valence-electron chi connectivity index (χ0n) is 24.4. The quantitative estimate of drug-likeness (QED) is 0.249. The molecule has 0 aliphatic carbocycles. The lowest BCUT2D eigenvalue weighted by Crippen LogP contribution is -2.53. The molecule has 11 heteroatoms. The molecule has 0 heterocycles. The third-order valence-electron chi connectivity index (χ3n) is 6.68. The molecule has 0 fully saturated rings. The molecule has 0 saturated carbocycles. The number of sulfonamides is 1. The van der Waals surface area contributed by atoms with E-state index in [-0.39, 0.29) is 35.3 Å². The summed E-state index contributed by atoms with van der Waals surface area (Å²) in [6, 6.07) is 20.2. The molecule has 2 amide bonds. The Bertz CT molecular complexity index is 1450. The van der Waals surface area contributed by atoms with E-state index in [9.17, 15) is 18.0 Å². The van der Waals surface area contributed by atoms with Gasteiger partial charge in [0.25, 0.3) is 0 Å². The Labute approximate surface area is 253 Å². The molecule has 0 radical (unpaired) electrons. The van der Waals surface area contributed by atoms with Crippen LogP contribution in [0.25, 0.3) is 0 Å². The normalized spacial score (nSPS) is 11.8. The number of anilines is 1. The van der Waals surface area contributed by atoms with Gasteiger partial charge < -0.3 is 19.7 Å². The van der Waals surface area contributed by atoms with E-state index in [1.165, 1.54) is 24.1 Å². The molecule has 9 nitrogen and oxygen atoms in total. The number of amides is 2. The molecule has 42 heavy (non-hydrogen) atoms. The minimum absolute atomic E-state index is 0.0407. The highest BCUT2D eigenvalue weighted by molar-refractivity contribution is 7.92. The molecule has 0 aliphatic heterocycles. The van der Waals surface area contributed by atoms with Crippen molar-refractivity contribution >= 4 is 39.1 Å². The number of ether oxygens (including phenoxy) is 2. The number of benzene rings is 3. The van der Waals surface area contributed by atoms with Crippen molar-refractivity contribution in [1.82, 2.24) is 10.2 Å². The van der Waals surface area contributed by atoms with Gasteiger partial charge >= 0.3 is 0 Å². The fourth-order valence-electron chi connectivity index (χ4n) is 4.48. The number of carbonyl (C=O) groups is 2. The number of nitrogens with zero attached hydrogens (tertiary/aromatic N) is 2. The first-order valence-corrected chi connectivity index (χ1v) is 15.8. The van der Waals surface area contributed by atoms with Crippen molar-refractivity contribution in [2.75, 3.05) is 37.9 Å². The highest BCUT2D eigenvalue weighted by Gasteiger charge is 2.33. The molecule has 0 unspecified atom stereocenters. The Balaban J connectivity index is 2.09. The van der Waals surface area contributed by atoms with Gasteiger partial charge in [-0.1, -0.05) is 67.4 Å². The van der Waals surface area contributed by atoms with E-state index >= 15 is 0 Å². The summed E-state index contributed by atoms with van der Waals surface area (Å²) in [6.07, 6.45) is 2.91. The Kier molecular flexibility index (Phi) is 12.1. The monoisotopic (exact) mass is 615 g/mol. The molecule has 1 atom stereocenters. The van der Waals surface area contributed by atoms with Crippen LogP contribution in [-0.2, 0) is 32.6 Å². The highest BCUT2D eigenvalue weighted by Crippen LogP contribution is 2.33. The van der Waals surface area contributed by atoms with Gasteiger partial charge in [0, 0.05) is 24.5 Å². The van der Waals surface area contributed by atoms with Crippen molar-refractivity contribution in [1.29, 1.82) is 0 Å². The number of hydrogen-bond acceptors (Lipinski definition) is 6. The second kappa shape index (κ2) is 15.5. The maximum absolute atomic E-state index is 14.2. The van der Waals surface area contributed by atoms with Gasteiger partial charge in [-0.25, -0.2) is 8.42 Å². The lowest BCUT2D eigenvalue weighted by molar-refractivity contribution is -0.140. The molecule has 3 aromatic rings. The molecule has 1 N–H and O–H groups in total. The number of nitrogens with one attached hydrogen (secondary N) is 1. The largest absolute Gasteiger partial charge is 0.497 e. The molecule has 0 aliphatic rings. The molecule has 3 aromatic carbocycles. The lowest BCUT2D eigenvalue weighted by Gasteiger charge is -2.33. The molecule has 0 bridgehead atoms. The highest BCUT2D eigenvalue weighted by atomic mass is 35.5. The van der Waals surface area contributed by atoms with E-state index in [2.05, 4.69) is 5.32 Å². The van der Waals surface area contributed by atoms with E-state index in [0.717, 1.165) is 29.0 Å². The van der Waals surface area contributed by atoms with Gasteiger partial charge in [0.15, 0.2) is 0 Å². The van der Waals surface area contributed by atoms with E-state index in [1.807, 2.05) is 43.3 Å². The van der Waals surface area contributed by atoms with Crippen LogP contribution < -0.4 is 19.1 Å². The molecule has 0 saturated heterocycles. The summed E-state index contributed by atoms with van der Waals surface area (Å²) < 4.78 is 37.8. The first-order valence-electron chi connectivity index (χ1n) is 13.6. The van der Waals surface area contributed by atoms with Gasteiger partial charge in [-0.3, -0.25) is 13.9 Å². The van der Waals surface area contributed by atoms with Crippen LogP contribution >= 0.6 is 11.6 Å². The summed E-state index contributed by atoms with van der Waals surface area (Å²) in [4.78, 5) is 29.3. The van der Waals surface area contributed by atoms with Crippen LogP contribution in [0, 0.1) is 0 Å². The summed E-state index contributed by atoms with van der Waals surface area (Å²) in [5.74, 6) is -0.0740. The van der Waals surface area contributed by atoms with Gasteiger partial charge in [-0.05, 0) is 47.9 Å². The molecule has 0 spiro atoms. The molecular formula is C31H38ClN3O6S. The zero-order chi connectivity index (χ0) is 30.7. The molecule has 3 rings (SSSR count). The molecule has 0 aromatic heterocycles. The zero-order valence-corrected chi connectivity index (χ0v) is 26.0. The fourth-order valence-corrected chi connectivity index (χ4v) is 5.49. The molecular weight excluding hydrogens is 578 g/mol. The van der Waals surface area contributed by atoms with Gasteiger partial charge in [-0.2, -0.15) is 0 Å². The van der Waals surface area contributed by atoms with Crippen molar-refractivity contribution in [3.8, 4) is 11.5 Å². The Morgan fingerprint density at radius 2 is 1.67 bits per heavy atom. The summed E-state index contributed by atoms with van der Waals surface area (Å²) in [7, 11) is -1.03. The van der Waals surface area contributed by atoms with Crippen molar-refractivity contribution in [2.24, 2.45) is 0 Å². The fraction of sp³-hybridized carbons (Fsp3) is 0.355. The average molecular weight is 616 g/mol. The number of methoxy groups -OCH3 is 2. The number of halogens is 1. The van der Waals surface area contributed by atoms with E-state index in [1.54, 1.807) is 31.4 Å². The van der Waals surface area contributed by atoms with Crippen molar-refractivity contribution < 1.29 is 27.5 Å². The van der Waals surface area contributed by atoms with Crippen molar-refractivity contribution in [3.63, 3.8) is 0 Å².